The first kappa shape index (κ1) is 13.6. The van der Waals surface area contributed by atoms with Crippen LogP contribution in [0.2, 0.25) is 0 Å². The summed E-state index contributed by atoms with van der Waals surface area (Å²) in [6, 6.07) is 0. The summed E-state index contributed by atoms with van der Waals surface area (Å²) in [7, 11) is -3.20. The smallest absolute Gasteiger partial charge is 0.309 e. The van der Waals surface area contributed by atoms with Crippen LogP contribution in [0.1, 0.15) is 20.3 Å². The highest BCUT2D eigenvalue weighted by Crippen LogP contribution is 2.47. The van der Waals surface area contributed by atoms with E-state index in [9.17, 15) is 9.36 Å². The molecule has 0 radical (unpaired) electrons. The lowest BCUT2D eigenvalue weighted by molar-refractivity contribution is -0.116. The highest BCUT2D eigenvalue weighted by Gasteiger charge is 2.26. The molecule has 0 aliphatic carbocycles. The monoisotopic (exact) mass is 220 g/mol. The molecule has 5 heteroatoms. The van der Waals surface area contributed by atoms with Crippen molar-refractivity contribution in [3.05, 3.63) is 12.7 Å². The minimum Gasteiger partial charge on any atom is -0.309 e. The molecular weight excluding hydrogens is 203 g/mol. The third-order valence-corrected chi connectivity index (χ3v) is 3.44. The highest BCUT2D eigenvalue weighted by atomic mass is 31.2. The molecule has 0 bridgehead atoms. The second-order valence-corrected chi connectivity index (χ2v) is 4.69. The lowest BCUT2D eigenvalue weighted by atomic mass is 10.3. The average Bonchev–Trinajstić information content (AvgIpc) is 2.04. The lowest BCUT2D eigenvalue weighted by Gasteiger charge is -2.15. The van der Waals surface area contributed by atoms with Crippen LogP contribution in [0.4, 0.5) is 0 Å². The van der Waals surface area contributed by atoms with Gasteiger partial charge in [-0.2, -0.15) is 0 Å². The molecule has 0 saturated carbocycles. The van der Waals surface area contributed by atoms with E-state index in [2.05, 4.69) is 6.58 Å². The maximum Gasteiger partial charge on any atom is 0.338 e. The molecule has 0 amide bonds. The molecule has 0 heterocycles. The zero-order chi connectivity index (χ0) is 11.0. The molecule has 0 aromatic heterocycles. The van der Waals surface area contributed by atoms with Gasteiger partial charge in [0.05, 0.1) is 13.2 Å². The summed E-state index contributed by atoms with van der Waals surface area (Å²) in [5.74, 6) is -0.176. The average molecular weight is 220 g/mol. The van der Waals surface area contributed by atoms with Crippen molar-refractivity contribution in [3.8, 4) is 0 Å². The first-order valence-corrected chi connectivity index (χ1v) is 6.31. The fraction of sp³-hybridized carbons (Fsp3) is 0.667. The molecule has 0 N–H and O–H groups in total. The Hall–Kier alpha value is -0.440. The van der Waals surface area contributed by atoms with E-state index in [1.807, 2.05) is 0 Å². The van der Waals surface area contributed by atoms with Gasteiger partial charge in [0.1, 0.15) is 11.9 Å². The number of allylic oxidation sites excluding steroid dienone is 1. The molecule has 4 nitrogen and oxygen atoms in total. The van der Waals surface area contributed by atoms with Crippen LogP contribution in [0.25, 0.3) is 0 Å². The molecular formula is C9H17O4P. The second-order valence-electron chi connectivity index (χ2n) is 2.64. The van der Waals surface area contributed by atoms with Gasteiger partial charge < -0.3 is 9.05 Å². The van der Waals surface area contributed by atoms with Crippen molar-refractivity contribution in [1.82, 2.24) is 0 Å². The maximum absolute atomic E-state index is 11.8. The van der Waals surface area contributed by atoms with Crippen LogP contribution in [-0.2, 0) is 18.4 Å². The number of rotatable bonds is 8. The van der Waals surface area contributed by atoms with Crippen molar-refractivity contribution in [1.29, 1.82) is 0 Å². The van der Waals surface area contributed by atoms with Crippen molar-refractivity contribution in [2.24, 2.45) is 0 Å². The van der Waals surface area contributed by atoms with Crippen molar-refractivity contribution in [2.45, 2.75) is 20.3 Å². The van der Waals surface area contributed by atoms with E-state index < -0.39 is 7.60 Å². The third-order valence-electron chi connectivity index (χ3n) is 1.39. The number of Topliss-reactive ketones (excluding diaryl/α,β-unsaturated/α-hetero) is 1. The van der Waals surface area contributed by atoms with Crippen LogP contribution in [0.15, 0.2) is 12.7 Å². The molecule has 0 spiro atoms. The van der Waals surface area contributed by atoms with Gasteiger partial charge in [-0.25, -0.2) is 0 Å². The standard InChI is InChI=1S/C9H17O4P/c1-4-7-9(10)8-14(11,12-5-2)13-6-3/h4H,1,5-8H2,2-3H3. The van der Waals surface area contributed by atoms with Gasteiger partial charge in [-0.15, -0.1) is 6.58 Å². The summed E-state index contributed by atoms with van der Waals surface area (Å²) in [5, 5.41) is 0. The summed E-state index contributed by atoms with van der Waals surface area (Å²) < 4.78 is 21.7. The van der Waals surface area contributed by atoms with Gasteiger partial charge in [0.2, 0.25) is 0 Å². The number of ketones is 1. The fourth-order valence-electron chi connectivity index (χ4n) is 0.963. The number of hydrogen-bond acceptors (Lipinski definition) is 4. The Morgan fingerprint density at radius 3 is 2.21 bits per heavy atom. The third kappa shape index (κ3) is 5.32. The van der Waals surface area contributed by atoms with Gasteiger partial charge in [-0.1, -0.05) is 6.08 Å². The predicted octanol–water partition coefficient (Wildman–Crippen LogP) is 2.40. The van der Waals surface area contributed by atoms with Crippen molar-refractivity contribution in [2.75, 3.05) is 19.4 Å². The number of hydrogen-bond donors (Lipinski definition) is 0. The van der Waals surface area contributed by atoms with E-state index in [0.717, 1.165) is 0 Å². The zero-order valence-corrected chi connectivity index (χ0v) is 9.59. The molecule has 0 aliphatic rings. The molecule has 0 fully saturated rings. The van der Waals surface area contributed by atoms with E-state index >= 15 is 0 Å². The van der Waals surface area contributed by atoms with E-state index in [-0.39, 0.29) is 31.6 Å². The topological polar surface area (TPSA) is 52.6 Å². The van der Waals surface area contributed by atoms with Crippen molar-refractivity contribution in [3.63, 3.8) is 0 Å². The van der Waals surface area contributed by atoms with Gasteiger partial charge in [0, 0.05) is 6.42 Å². The van der Waals surface area contributed by atoms with Crippen LogP contribution < -0.4 is 0 Å². The maximum atomic E-state index is 11.8. The molecule has 0 aromatic rings. The number of carbonyl (C=O) groups is 1. The van der Waals surface area contributed by atoms with Gasteiger partial charge in [-0.3, -0.25) is 9.36 Å². The van der Waals surface area contributed by atoms with Crippen LogP contribution in [-0.4, -0.2) is 25.2 Å². The minimum absolute atomic E-state index is 0.166. The second kappa shape index (κ2) is 6.93. The number of carbonyl (C=O) groups excluding carboxylic acids is 1. The van der Waals surface area contributed by atoms with E-state index in [0.29, 0.717) is 0 Å². The fourth-order valence-corrected chi connectivity index (χ4v) is 2.57. The summed E-state index contributed by atoms with van der Waals surface area (Å²) in [6.45, 7) is 7.41. The van der Waals surface area contributed by atoms with Crippen molar-refractivity contribution >= 4 is 13.4 Å². The molecule has 0 aromatic carbocycles. The molecule has 82 valence electrons. The molecule has 0 unspecified atom stereocenters. The zero-order valence-electron chi connectivity index (χ0n) is 8.69. The summed E-state index contributed by atoms with van der Waals surface area (Å²) in [4.78, 5) is 11.2. The first-order chi connectivity index (χ1) is 6.58. The Labute approximate surface area is 84.8 Å². The van der Waals surface area contributed by atoms with Gasteiger partial charge in [0.25, 0.3) is 0 Å². The van der Waals surface area contributed by atoms with Crippen molar-refractivity contribution < 1.29 is 18.4 Å². The predicted molar refractivity (Wildman–Crippen MR) is 55.5 cm³/mol. The normalized spacial score (nSPS) is 11.3. The van der Waals surface area contributed by atoms with Crippen LogP contribution in [0.5, 0.6) is 0 Å². The Kier molecular flexibility index (Phi) is 6.71. The summed E-state index contributed by atoms with van der Waals surface area (Å²) >= 11 is 0. The highest BCUT2D eigenvalue weighted by molar-refractivity contribution is 7.54. The van der Waals surface area contributed by atoms with Gasteiger partial charge in [-0.05, 0) is 13.8 Å². The Morgan fingerprint density at radius 2 is 1.86 bits per heavy atom. The molecule has 0 atom stereocenters. The molecule has 0 aliphatic heterocycles. The minimum atomic E-state index is -3.20. The van der Waals surface area contributed by atoms with Gasteiger partial charge >= 0.3 is 7.60 Å². The molecule has 0 saturated heterocycles. The Morgan fingerprint density at radius 1 is 1.36 bits per heavy atom. The van der Waals surface area contributed by atoms with Crippen LogP contribution in [0.3, 0.4) is 0 Å². The van der Waals surface area contributed by atoms with E-state index in [1.54, 1.807) is 13.8 Å². The quantitative estimate of drug-likeness (QED) is 0.465. The Bertz CT molecular complexity index is 227. The lowest BCUT2D eigenvalue weighted by Crippen LogP contribution is -2.08. The largest absolute Gasteiger partial charge is 0.338 e. The van der Waals surface area contributed by atoms with Crippen LogP contribution >= 0.6 is 7.60 Å². The summed E-state index contributed by atoms with van der Waals surface area (Å²) in [5.41, 5.74) is 0. The summed E-state index contributed by atoms with van der Waals surface area (Å²) in [6.07, 6.45) is 1.51. The Balaban J connectivity index is 4.27. The van der Waals surface area contributed by atoms with E-state index in [4.69, 9.17) is 9.05 Å². The van der Waals surface area contributed by atoms with E-state index in [1.165, 1.54) is 6.08 Å². The molecule has 14 heavy (non-hydrogen) atoms. The first-order valence-electron chi connectivity index (χ1n) is 4.58. The van der Waals surface area contributed by atoms with Gasteiger partial charge in [0.15, 0.2) is 0 Å². The van der Waals surface area contributed by atoms with Crippen LogP contribution in [0, 0.1) is 0 Å². The SMILES string of the molecule is C=CCC(=O)CP(=O)(OCC)OCC. The molecule has 0 rings (SSSR count).